The molecule has 0 fully saturated rings. The second kappa shape index (κ2) is 5.83. The molecule has 0 aliphatic rings. The zero-order chi connectivity index (χ0) is 13.0. The molecule has 0 spiro atoms. The molecule has 18 heavy (non-hydrogen) atoms. The molecule has 2 aromatic rings. The van der Waals surface area contributed by atoms with Crippen molar-refractivity contribution in [2.75, 3.05) is 0 Å². The van der Waals surface area contributed by atoms with Gasteiger partial charge in [-0.2, -0.15) is 5.10 Å². The molecule has 0 saturated heterocycles. The highest BCUT2D eigenvalue weighted by Crippen LogP contribution is 2.18. The summed E-state index contributed by atoms with van der Waals surface area (Å²) < 4.78 is 1.52. The normalized spacial score (nSPS) is 10.6. The fourth-order valence-corrected chi connectivity index (χ4v) is 1.82. The van der Waals surface area contributed by atoms with Crippen LogP contribution in [0.4, 0.5) is 0 Å². The van der Waals surface area contributed by atoms with Crippen LogP contribution in [0.25, 0.3) is 11.3 Å². The first-order chi connectivity index (χ1) is 8.70. The lowest BCUT2D eigenvalue weighted by atomic mass is 10.1. The third-order valence-corrected chi connectivity index (χ3v) is 2.98. The molecule has 3 nitrogen and oxygen atoms in total. The van der Waals surface area contributed by atoms with E-state index in [0.29, 0.717) is 11.6 Å². The predicted molar refractivity (Wildman–Crippen MR) is 73.9 cm³/mol. The standard InChI is InChI=1S/C14H15ClN2O/c1-2-3-10-17-14(18)9-8-13(16-17)11-4-6-12(15)7-5-11/h4-9H,2-3,10H2,1H3. The van der Waals surface area contributed by atoms with E-state index in [-0.39, 0.29) is 5.56 Å². The van der Waals surface area contributed by atoms with E-state index in [0.717, 1.165) is 24.1 Å². The maximum absolute atomic E-state index is 11.6. The van der Waals surface area contributed by atoms with Crippen LogP contribution < -0.4 is 5.56 Å². The minimum Gasteiger partial charge on any atom is -0.268 e. The van der Waals surface area contributed by atoms with E-state index in [1.165, 1.54) is 4.68 Å². The lowest BCUT2D eigenvalue weighted by Gasteiger charge is -2.06. The molecular weight excluding hydrogens is 248 g/mol. The second-order valence-corrected chi connectivity index (χ2v) is 4.58. The SMILES string of the molecule is CCCCn1nc(-c2ccc(Cl)cc2)ccc1=O. The Morgan fingerprint density at radius 2 is 1.89 bits per heavy atom. The van der Waals surface area contributed by atoms with Gasteiger partial charge in [0.2, 0.25) is 0 Å². The highest BCUT2D eigenvalue weighted by atomic mass is 35.5. The largest absolute Gasteiger partial charge is 0.268 e. The summed E-state index contributed by atoms with van der Waals surface area (Å²) >= 11 is 5.85. The van der Waals surface area contributed by atoms with Gasteiger partial charge < -0.3 is 0 Å². The summed E-state index contributed by atoms with van der Waals surface area (Å²) in [6.07, 6.45) is 2.00. The van der Waals surface area contributed by atoms with Gasteiger partial charge in [-0.25, -0.2) is 4.68 Å². The molecule has 4 heteroatoms. The van der Waals surface area contributed by atoms with Gasteiger partial charge in [0.1, 0.15) is 0 Å². The van der Waals surface area contributed by atoms with Crippen LogP contribution in [0.1, 0.15) is 19.8 Å². The Kier molecular flexibility index (Phi) is 4.15. The van der Waals surface area contributed by atoms with Crippen molar-refractivity contribution in [1.82, 2.24) is 9.78 Å². The maximum Gasteiger partial charge on any atom is 0.266 e. The Bertz CT molecular complexity index is 575. The number of unbranched alkanes of at least 4 members (excludes halogenated alkanes) is 1. The van der Waals surface area contributed by atoms with E-state index >= 15 is 0 Å². The van der Waals surface area contributed by atoms with Gasteiger partial charge in [0.25, 0.3) is 5.56 Å². The van der Waals surface area contributed by atoms with Crippen LogP contribution in [-0.2, 0) is 6.54 Å². The molecule has 94 valence electrons. The van der Waals surface area contributed by atoms with Crippen LogP contribution in [0.5, 0.6) is 0 Å². The first-order valence-corrected chi connectivity index (χ1v) is 6.42. The number of rotatable bonds is 4. The van der Waals surface area contributed by atoms with Gasteiger partial charge >= 0.3 is 0 Å². The van der Waals surface area contributed by atoms with E-state index in [1.54, 1.807) is 12.1 Å². The molecule has 1 aromatic heterocycles. The number of hydrogen-bond acceptors (Lipinski definition) is 2. The molecule has 0 aliphatic carbocycles. The summed E-state index contributed by atoms with van der Waals surface area (Å²) in [5, 5.41) is 5.06. The summed E-state index contributed by atoms with van der Waals surface area (Å²) in [6, 6.07) is 10.7. The van der Waals surface area contributed by atoms with Crippen molar-refractivity contribution in [3.63, 3.8) is 0 Å². The molecule has 0 unspecified atom stereocenters. The summed E-state index contributed by atoms with van der Waals surface area (Å²) in [5.74, 6) is 0. The molecular formula is C14H15ClN2O. The average molecular weight is 263 g/mol. The van der Waals surface area contributed by atoms with Crippen LogP contribution in [0, 0.1) is 0 Å². The number of aromatic nitrogens is 2. The molecule has 0 N–H and O–H groups in total. The summed E-state index contributed by atoms with van der Waals surface area (Å²) in [7, 11) is 0. The number of hydrogen-bond donors (Lipinski definition) is 0. The first-order valence-electron chi connectivity index (χ1n) is 6.05. The van der Waals surface area contributed by atoms with Crippen LogP contribution in [0.2, 0.25) is 5.02 Å². The summed E-state index contributed by atoms with van der Waals surface area (Å²) in [5.41, 5.74) is 1.70. The zero-order valence-electron chi connectivity index (χ0n) is 10.3. The van der Waals surface area contributed by atoms with Crippen LogP contribution in [-0.4, -0.2) is 9.78 Å². The van der Waals surface area contributed by atoms with Gasteiger partial charge in [0.15, 0.2) is 0 Å². The molecule has 1 heterocycles. The molecule has 0 saturated carbocycles. The third kappa shape index (κ3) is 2.99. The van der Waals surface area contributed by atoms with Gasteiger partial charge in [0.05, 0.1) is 5.69 Å². The smallest absolute Gasteiger partial charge is 0.266 e. The van der Waals surface area contributed by atoms with Gasteiger partial charge in [-0.05, 0) is 24.6 Å². The lowest BCUT2D eigenvalue weighted by molar-refractivity contribution is 0.545. The molecule has 1 aromatic carbocycles. The van der Waals surface area contributed by atoms with Gasteiger partial charge in [-0.1, -0.05) is 37.1 Å². The topological polar surface area (TPSA) is 34.9 Å². The van der Waals surface area contributed by atoms with Gasteiger partial charge in [-0.15, -0.1) is 0 Å². The Hall–Kier alpha value is -1.61. The highest BCUT2D eigenvalue weighted by molar-refractivity contribution is 6.30. The van der Waals surface area contributed by atoms with Gasteiger partial charge in [0, 0.05) is 23.2 Å². The predicted octanol–water partition coefficient (Wildman–Crippen LogP) is 3.36. The number of aryl methyl sites for hydroxylation is 1. The van der Waals surface area contributed by atoms with Crippen molar-refractivity contribution >= 4 is 11.6 Å². The Morgan fingerprint density at radius 1 is 1.17 bits per heavy atom. The Balaban J connectivity index is 2.34. The first kappa shape index (κ1) is 12.8. The highest BCUT2D eigenvalue weighted by Gasteiger charge is 2.03. The van der Waals surface area contributed by atoms with Crippen molar-refractivity contribution in [2.24, 2.45) is 0 Å². The van der Waals surface area contributed by atoms with Crippen LogP contribution in [0.3, 0.4) is 0 Å². The number of benzene rings is 1. The zero-order valence-corrected chi connectivity index (χ0v) is 11.0. The Labute approximate surface area is 111 Å². The van der Waals surface area contributed by atoms with E-state index in [9.17, 15) is 4.79 Å². The molecule has 0 radical (unpaired) electrons. The number of halogens is 1. The number of nitrogens with zero attached hydrogens (tertiary/aromatic N) is 2. The molecule has 0 aliphatic heterocycles. The molecule has 0 amide bonds. The van der Waals surface area contributed by atoms with Crippen molar-refractivity contribution in [2.45, 2.75) is 26.3 Å². The Morgan fingerprint density at radius 3 is 2.56 bits per heavy atom. The van der Waals surface area contributed by atoms with E-state index in [2.05, 4.69) is 12.0 Å². The van der Waals surface area contributed by atoms with Gasteiger partial charge in [-0.3, -0.25) is 4.79 Å². The minimum absolute atomic E-state index is 0.0545. The minimum atomic E-state index is -0.0545. The van der Waals surface area contributed by atoms with Crippen LogP contribution in [0.15, 0.2) is 41.2 Å². The second-order valence-electron chi connectivity index (χ2n) is 4.14. The third-order valence-electron chi connectivity index (χ3n) is 2.73. The van der Waals surface area contributed by atoms with E-state index < -0.39 is 0 Å². The van der Waals surface area contributed by atoms with Crippen molar-refractivity contribution < 1.29 is 0 Å². The quantitative estimate of drug-likeness (QED) is 0.847. The van der Waals surface area contributed by atoms with Crippen molar-refractivity contribution in [3.8, 4) is 11.3 Å². The van der Waals surface area contributed by atoms with Crippen LogP contribution >= 0.6 is 11.6 Å². The van der Waals surface area contributed by atoms with E-state index in [1.807, 2.05) is 24.3 Å². The fraction of sp³-hybridized carbons (Fsp3) is 0.286. The maximum atomic E-state index is 11.6. The van der Waals surface area contributed by atoms with E-state index in [4.69, 9.17) is 11.6 Å². The van der Waals surface area contributed by atoms with Crippen molar-refractivity contribution in [3.05, 3.63) is 51.8 Å². The molecule has 2 rings (SSSR count). The van der Waals surface area contributed by atoms with Crippen molar-refractivity contribution in [1.29, 1.82) is 0 Å². The lowest BCUT2D eigenvalue weighted by Crippen LogP contribution is -2.22. The monoisotopic (exact) mass is 262 g/mol. The average Bonchev–Trinajstić information content (AvgIpc) is 2.39. The summed E-state index contributed by atoms with van der Waals surface area (Å²) in [6.45, 7) is 2.75. The fourth-order valence-electron chi connectivity index (χ4n) is 1.69. The summed E-state index contributed by atoms with van der Waals surface area (Å²) in [4.78, 5) is 11.6. The molecule has 0 bridgehead atoms. The molecule has 0 atom stereocenters.